The van der Waals surface area contributed by atoms with Crippen LogP contribution < -0.4 is 4.90 Å². The van der Waals surface area contributed by atoms with E-state index in [0.717, 1.165) is 38.4 Å². The van der Waals surface area contributed by atoms with Crippen LogP contribution in [-0.4, -0.2) is 58.7 Å². The number of carboxylic acid groups (broad SMARTS) is 1. The lowest BCUT2D eigenvalue weighted by atomic mass is 10.4. The zero-order chi connectivity index (χ0) is 12.1. The van der Waals surface area contributed by atoms with E-state index in [2.05, 4.69) is 14.9 Å². The van der Waals surface area contributed by atoms with Crippen LogP contribution in [0, 0.1) is 0 Å². The zero-order valence-electron chi connectivity index (χ0n) is 9.62. The van der Waals surface area contributed by atoms with Crippen molar-refractivity contribution in [3.05, 3.63) is 18.6 Å². The molecule has 1 aromatic heterocycles. The number of hydrogen-bond acceptors (Lipinski definition) is 5. The zero-order valence-corrected chi connectivity index (χ0v) is 9.62. The molecule has 1 aromatic rings. The van der Waals surface area contributed by atoms with Crippen molar-refractivity contribution in [2.75, 3.05) is 37.6 Å². The SMILES string of the molecule is O=C(O)CN1CCCN(c2ccncn2)CC1. The van der Waals surface area contributed by atoms with Gasteiger partial charge in [0.2, 0.25) is 0 Å². The quantitative estimate of drug-likeness (QED) is 0.801. The van der Waals surface area contributed by atoms with Crippen LogP contribution in [0.5, 0.6) is 0 Å². The summed E-state index contributed by atoms with van der Waals surface area (Å²) in [5.74, 6) is 0.151. The predicted octanol–water partition coefficient (Wildman–Crippen LogP) is 0.0733. The second kappa shape index (κ2) is 5.58. The first kappa shape index (κ1) is 11.8. The molecule has 0 spiro atoms. The van der Waals surface area contributed by atoms with Crippen LogP contribution in [0.25, 0.3) is 0 Å². The number of hydrogen-bond donors (Lipinski definition) is 1. The van der Waals surface area contributed by atoms with Crippen molar-refractivity contribution in [2.24, 2.45) is 0 Å². The van der Waals surface area contributed by atoms with Crippen molar-refractivity contribution >= 4 is 11.8 Å². The van der Waals surface area contributed by atoms with Crippen molar-refractivity contribution < 1.29 is 9.90 Å². The van der Waals surface area contributed by atoms with Crippen LogP contribution in [0.3, 0.4) is 0 Å². The number of carbonyl (C=O) groups is 1. The molecule has 0 atom stereocenters. The highest BCUT2D eigenvalue weighted by molar-refractivity contribution is 5.69. The smallest absolute Gasteiger partial charge is 0.317 e. The van der Waals surface area contributed by atoms with Crippen molar-refractivity contribution in [1.82, 2.24) is 14.9 Å². The summed E-state index contributed by atoms with van der Waals surface area (Å²) in [7, 11) is 0. The van der Waals surface area contributed by atoms with Gasteiger partial charge in [0, 0.05) is 32.4 Å². The molecule has 1 aliphatic heterocycles. The van der Waals surface area contributed by atoms with E-state index in [9.17, 15) is 4.79 Å². The molecule has 6 heteroatoms. The maximum atomic E-state index is 10.7. The second-order valence-electron chi connectivity index (χ2n) is 4.08. The maximum Gasteiger partial charge on any atom is 0.317 e. The Kier molecular flexibility index (Phi) is 3.87. The number of aliphatic carboxylic acids is 1. The molecule has 92 valence electrons. The number of anilines is 1. The van der Waals surface area contributed by atoms with Crippen molar-refractivity contribution in [3.63, 3.8) is 0 Å². The first-order chi connectivity index (χ1) is 8.25. The Balaban J connectivity index is 1.94. The maximum absolute atomic E-state index is 10.7. The van der Waals surface area contributed by atoms with E-state index in [-0.39, 0.29) is 6.54 Å². The van der Waals surface area contributed by atoms with Crippen LogP contribution in [0.15, 0.2) is 18.6 Å². The third-order valence-electron chi connectivity index (χ3n) is 2.84. The predicted molar refractivity (Wildman–Crippen MR) is 62.9 cm³/mol. The van der Waals surface area contributed by atoms with Crippen molar-refractivity contribution in [1.29, 1.82) is 0 Å². The summed E-state index contributed by atoms with van der Waals surface area (Å²) in [4.78, 5) is 22.9. The summed E-state index contributed by atoms with van der Waals surface area (Å²) < 4.78 is 0. The fourth-order valence-electron chi connectivity index (χ4n) is 2.02. The average molecular weight is 236 g/mol. The summed E-state index contributed by atoms with van der Waals surface area (Å²) in [5, 5.41) is 8.76. The highest BCUT2D eigenvalue weighted by Crippen LogP contribution is 2.11. The van der Waals surface area contributed by atoms with Gasteiger partial charge in [-0.2, -0.15) is 0 Å². The topological polar surface area (TPSA) is 69.6 Å². The molecular weight excluding hydrogens is 220 g/mol. The first-order valence-corrected chi connectivity index (χ1v) is 5.71. The lowest BCUT2D eigenvalue weighted by Gasteiger charge is -2.21. The van der Waals surface area contributed by atoms with Gasteiger partial charge in [-0.3, -0.25) is 9.69 Å². The molecule has 6 nitrogen and oxygen atoms in total. The Morgan fingerprint density at radius 1 is 1.35 bits per heavy atom. The highest BCUT2D eigenvalue weighted by Gasteiger charge is 2.17. The second-order valence-corrected chi connectivity index (χ2v) is 4.08. The molecule has 2 heterocycles. The molecule has 1 saturated heterocycles. The summed E-state index contributed by atoms with van der Waals surface area (Å²) in [5.41, 5.74) is 0. The third-order valence-corrected chi connectivity index (χ3v) is 2.84. The fraction of sp³-hybridized carbons (Fsp3) is 0.545. The van der Waals surface area contributed by atoms with Gasteiger partial charge in [-0.1, -0.05) is 0 Å². The van der Waals surface area contributed by atoms with E-state index in [1.807, 2.05) is 11.0 Å². The Bertz CT molecular complexity index is 371. The van der Waals surface area contributed by atoms with Crippen LogP contribution in [0.4, 0.5) is 5.82 Å². The average Bonchev–Trinajstić information content (AvgIpc) is 2.55. The van der Waals surface area contributed by atoms with Gasteiger partial charge in [-0.05, 0) is 12.5 Å². The molecule has 0 amide bonds. The molecule has 0 radical (unpaired) electrons. The molecule has 0 bridgehead atoms. The number of carboxylic acids is 1. The Labute approximate surface area is 99.9 Å². The summed E-state index contributed by atoms with van der Waals surface area (Å²) >= 11 is 0. The third kappa shape index (κ3) is 3.39. The standard InChI is InChI=1S/C11H16N4O2/c16-11(17)8-14-4-1-5-15(7-6-14)10-2-3-12-9-13-10/h2-3,9H,1,4-8H2,(H,16,17). The molecule has 0 aliphatic carbocycles. The minimum atomic E-state index is -0.763. The molecular formula is C11H16N4O2. The van der Waals surface area contributed by atoms with Gasteiger partial charge < -0.3 is 10.0 Å². The lowest BCUT2D eigenvalue weighted by Crippen LogP contribution is -2.34. The van der Waals surface area contributed by atoms with Crippen LogP contribution >= 0.6 is 0 Å². The van der Waals surface area contributed by atoms with E-state index in [0.29, 0.717) is 0 Å². The van der Waals surface area contributed by atoms with Crippen molar-refractivity contribution in [2.45, 2.75) is 6.42 Å². The minimum Gasteiger partial charge on any atom is -0.480 e. The van der Waals surface area contributed by atoms with Gasteiger partial charge in [0.1, 0.15) is 12.1 Å². The van der Waals surface area contributed by atoms with Crippen LogP contribution in [-0.2, 0) is 4.79 Å². The normalized spacial score (nSPS) is 17.8. The van der Waals surface area contributed by atoms with E-state index in [1.165, 1.54) is 6.33 Å². The fourth-order valence-corrected chi connectivity index (χ4v) is 2.02. The van der Waals surface area contributed by atoms with Gasteiger partial charge in [0.25, 0.3) is 0 Å². The van der Waals surface area contributed by atoms with Crippen LogP contribution in [0.2, 0.25) is 0 Å². The molecule has 1 aliphatic rings. The molecule has 1 fully saturated rings. The summed E-state index contributed by atoms with van der Waals surface area (Å²) in [6, 6.07) is 1.88. The van der Waals surface area contributed by atoms with E-state index in [1.54, 1.807) is 6.20 Å². The number of aromatic nitrogens is 2. The van der Waals surface area contributed by atoms with Gasteiger partial charge in [0.05, 0.1) is 6.54 Å². The number of rotatable bonds is 3. The number of nitrogens with zero attached hydrogens (tertiary/aromatic N) is 4. The Morgan fingerprint density at radius 2 is 2.24 bits per heavy atom. The molecule has 0 aromatic carbocycles. The van der Waals surface area contributed by atoms with Gasteiger partial charge in [-0.15, -0.1) is 0 Å². The van der Waals surface area contributed by atoms with E-state index < -0.39 is 5.97 Å². The molecule has 17 heavy (non-hydrogen) atoms. The molecule has 0 saturated carbocycles. The van der Waals surface area contributed by atoms with Gasteiger partial charge in [-0.25, -0.2) is 9.97 Å². The van der Waals surface area contributed by atoms with Crippen LogP contribution in [0.1, 0.15) is 6.42 Å². The molecule has 2 rings (SSSR count). The van der Waals surface area contributed by atoms with E-state index in [4.69, 9.17) is 5.11 Å². The Hall–Kier alpha value is -1.69. The van der Waals surface area contributed by atoms with Gasteiger partial charge >= 0.3 is 5.97 Å². The van der Waals surface area contributed by atoms with Crippen molar-refractivity contribution in [3.8, 4) is 0 Å². The summed E-state index contributed by atoms with van der Waals surface area (Å²) in [6.45, 7) is 3.43. The highest BCUT2D eigenvalue weighted by atomic mass is 16.4. The minimum absolute atomic E-state index is 0.123. The lowest BCUT2D eigenvalue weighted by molar-refractivity contribution is -0.138. The molecule has 1 N–H and O–H groups in total. The van der Waals surface area contributed by atoms with E-state index >= 15 is 0 Å². The largest absolute Gasteiger partial charge is 0.480 e. The first-order valence-electron chi connectivity index (χ1n) is 5.71. The monoisotopic (exact) mass is 236 g/mol. The molecule has 0 unspecified atom stereocenters. The summed E-state index contributed by atoms with van der Waals surface area (Å²) in [6.07, 6.45) is 4.22. The Morgan fingerprint density at radius 3 is 2.94 bits per heavy atom. The van der Waals surface area contributed by atoms with Gasteiger partial charge in [0.15, 0.2) is 0 Å².